The molecule has 0 bridgehead atoms. The Morgan fingerprint density at radius 2 is 1.60 bits per heavy atom. The number of rotatable bonds is 4. The van der Waals surface area contributed by atoms with Crippen molar-refractivity contribution in [1.82, 2.24) is 10.6 Å². The fourth-order valence-electron chi connectivity index (χ4n) is 1.84. The van der Waals surface area contributed by atoms with Crippen molar-refractivity contribution in [1.29, 1.82) is 0 Å². The van der Waals surface area contributed by atoms with Gasteiger partial charge in [0.25, 0.3) is 5.91 Å². The van der Waals surface area contributed by atoms with Crippen LogP contribution in [0.1, 0.15) is 10.4 Å². The van der Waals surface area contributed by atoms with Crippen molar-refractivity contribution in [3.8, 4) is 0 Å². The summed E-state index contributed by atoms with van der Waals surface area (Å²) in [5.74, 6) is -0.386. The summed E-state index contributed by atoms with van der Waals surface area (Å²) in [6.45, 7) is 0. The van der Waals surface area contributed by atoms with E-state index in [0.29, 0.717) is 5.56 Å². The number of thiocarbonyl (C=S) groups is 1. The standard InChI is InChI=1S/C16H13Cl3IN3OS/c17-16(18,19)14(22-13(24)10-6-8-11(20)9-7-10)23-15(25)21-12-4-2-1-3-5-12/h1-9,14H,(H,22,24)(H2,21,23,25). The van der Waals surface area contributed by atoms with Gasteiger partial charge >= 0.3 is 0 Å². The number of anilines is 1. The molecule has 1 atom stereocenters. The number of alkyl halides is 3. The molecule has 2 aromatic carbocycles. The van der Waals surface area contributed by atoms with Crippen molar-refractivity contribution in [2.75, 3.05) is 5.32 Å². The largest absolute Gasteiger partial charge is 0.339 e. The Hall–Kier alpha value is -0.800. The number of nitrogens with one attached hydrogen (secondary N) is 3. The Kier molecular flexibility index (Phi) is 7.57. The van der Waals surface area contributed by atoms with Gasteiger partial charge < -0.3 is 16.0 Å². The zero-order chi connectivity index (χ0) is 18.4. The van der Waals surface area contributed by atoms with Crippen molar-refractivity contribution >= 4 is 86.3 Å². The number of carbonyl (C=O) groups is 1. The van der Waals surface area contributed by atoms with Crippen LogP contribution in [0.5, 0.6) is 0 Å². The molecule has 4 nitrogen and oxygen atoms in total. The number of hydrogen-bond acceptors (Lipinski definition) is 2. The van der Waals surface area contributed by atoms with Crippen LogP contribution in [0.15, 0.2) is 54.6 Å². The monoisotopic (exact) mass is 527 g/mol. The molecule has 0 aromatic heterocycles. The fourth-order valence-corrected chi connectivity index (χ4v) is 2.76. The first-order valence-corrected chi connectivity index (χ1v) is 9.63. The number of benzene rings is 2. The molecule has 25 heavy (non-hydrogen) atoms. The molecule has 1 amide bonds. The molecule has 0 radical (unpaired) electrons. The molecule has 0 heterocycles. The van der Waals surface area contributed by atoms with E-state index in [4.69, 9.17) is 47.0 Å². The maximum atomic E-state index is 12.4. The van der Waals surface area contributed by atoms with Gasteiger partial charge in [-0.2, -0.15) is 0 Å². The highest BCUT2D eigenvalue weighted by molar-refractivity contribution is 14.1. The third-order valence-corrected chi connectivity index (χ3v) is 4.61. The Balaban J connectivity index is 2.04. The van der Waals surface area contributed by atoms with Crippen LogP contribution in [0.4, 0.5) is 5.69 Å². The van der Waals surface area contributed by atoms with Crippen molar-refractivity contribution in [2.24, 2.45) is 0 Å². The second kappa shape index (κ2) is 9.23. The van der Waals surface area contributed by atoms with Crippen molar-refractivity contribution < 1.29 is 4.79 Å². The second-order valence-corrected chi connectivity index (χ2v) is 8.94. The molecule has 0 saturated heterocycles. The van der Waals surface area contributed by atoms with Gasteiger partial charge in [0.05, 0.1) is 0 Å². The zero-order valence-corrected chi connectivity index (χ0v) is 17.8. The lowest BCUT2D eigenvalue weighted by Crippen LogP contribution is -2.56. The van der Waals surface area contributed by atoms with Crippen LogP contribution in [0.2, 0.25) is 0 Å². The van der Waals surface area contributed by atoms with Gasteiger partial charge in [-0.25, -0.2) is 0 Å². The first kappa shape index (κ1) is 20.5. The van der Waals surface area contributed by atoms with E-state index in [9.17, 15) is 4.79 Å². The first-order chi connectivity index (χ1) is 11.8. The molecule has 9 heteroatoms. The molecular formula is C16H13Cl3IN3OS. The predicted octanol–water partition coefficient (Wildman–Crippen LogP) is 4.70. The highest BCUT2D eigenvalue weighted by atomic mass is 127. The van der Waals surface area contributed by atoms with Crippen LogP contribution in [-0.4, -0.2) is 21.0 Å². The summed E-state index contributed by atoms with van der Waals surface area (Å²) in [4.78, 5) is 12.4. The van der Waals surface area contributed by atoms with Gasteiger partial charge in [-0.3, -0.25) is 4.79 Å². The summed E-state index contributed by atoms with van der Waals surface area (Å²) >= 11 is 25.3. The number of hydrogen-bond donors (Lipinski definition) is 3. The molecular weight excluding hydrogens is 516 g/mol. The van der Waals surface area contributed by atoms with Gasteiger partial charge in [-0.1, -0.05) is 53.0 Å². The van der Waals surface area contributed by atoms with E-state index in [-0.39, 0.29) is 11.0 Å². The van der Waals surface area contributed by atoms with E-state index >= 15 is 0 Å². The van der Waals surface area contributed by atoms with Gasteiger partial charge in [-0.05, 0) is 71.2 Å². The minimum Gasteiger partial charge on any atom is -0.339 e. The number of halogens is 4. The lowest BCUT2D eigenvalue weighted by Gasteiger charge is -2.27. The Bertz CT molecular complexity index is 739. The molecule has 0 aliphatic rings. The summed E-state index contributed by atoms with van der Waals surface area (Å²) in [5, 5.41) is 8.61. The fraction of sp³-hybridized carbons (Fsp3) is 0.125. The van der Waals surface area contributed by atoms with Crippen molar-refractivity contribution in [2.45, 2.75) is 9.96 Å². The lowest BCUT2D eigenvalue weighted by molar-refractivity contribution is 0.0934. The smallest absolute Gasteiger partial charge is 0.252 e. The number of amides is 1. The quantitative estimate of drug-likeness (QED) is 0.233. The zero-order valence-electron chi connectivity index (χ0n) is 12.6. The summed E-state index contributed by atoms with van der Waals surface area (Å²) in [7, 11) is 0. The molecule has 0 aliphatic carbocycles. The molecule has 0 aliphatic heterocycles. The van der Waals surface area contributed by atoms with E-state index < -0.39 is 9.96 Å². The molecule has 132 valence electrons. The van der Waals surface area contributed by atoms with Crippen LogP contribution in [0.25, 0.3) is 0 Å². The molecule has 3 N–H and O–H groups in total. The third-order valence-electron chi connectivity index (χ3n) is 3.02. The predicted molar refractivity (Wildman–Crippen MR) is 117 cm³/mol. The average Bonchev–Trinajstić information content (AvgIpc) is 2.54. The van der Waals surface area contributed by atoms with Gasteiger partial charge in [-0.15, -0.1) is 0 Å². The van der Waals surface area contributed by atoms with Gasteiger partial charge in [0.2, 0.25) is 3.79 Å². The number of para-hydroxylation sites is 1. The highest BCUT2D eigenvalue weighted by Crippen LogP contribution is 2.29. The molecule has 1 unspecified atom stereocenters. The van der Waals surface area contributed by atoms with Crippen molar-refractivity contribution in [3.63, 3.8) is 0 Å². The summed E-state index contributed by atoms with van der Waals surface area (Å²) in [6, 6.07) is 16.3. The summed E-state index contributed by atoms with van der Waals surface area (Å²) in [6.07, 6.45) is -1.02. The maximum Gasteiger partial charge on any atom is 0.252 e. The normalized spacial score (nSPS) is 12.2. The minimum atomic E-state index is -1.80. The van der Waals surface area contributed by atoms with Crippen molar-refractivity contribution in [3.05, 3.63) is 63.7 Å². The van der Waals surface area contributed by atoms with Gasteiger partial charge in [0.15, 0.2) is 5.11 Å². The Morgan fingerprint density at radius 3 is 2.16 bits per heavy atom. The van der Waals surface area contributed by atoms with Crippen LogP contribution in [0.3, 0.4) is 0 Å². The number of carbonyl (C=O) groups excluding carboxylic acids is 1. The van der Waals surface area contributed by atoms with Gasteiger partial charge in [0.1, 0.15) is 6.17 Å². The van der Waals surface area contributed by atoms with E-state index in [0.717, 1.165) is 9.26 Å². The van der Waals surface area contributed by atoms with E-state index in [2.05, 4.69) is 38.5 Å². The summed E-state index contributed by atoms with van der Waals surface area (Å²) in [5.41, 5.74) is 1.22. The molecule has 2 rings (SSSR count). The Morgan fingerprint density at radius 1 is 1.00 bits per heavy atom. The molecule has 0 saturated carbocycles. The molecule has 0 fully saturated rings. The topological polar surface area (TPSA) is 53.2 Å². The average molecular weight is 529 g/mol. The third kappa shape index (κ3) is 6.79. The van der Waals surface area contributed by atoms with E-state index in [1.165, 1.54) is 0 Å². The van der Waals surface area contributed by atoms with Crippen LogP contribution in [-0.2, 0) is 0 Å². The molecule has 0 spiro atoms. The maximum absolute atomic E-state index is 12.4. The minimum absolute atomic E-state index is 0.213. The summed E-state index contributed by atoms with van der Waals surface area (Å²) < 4.78 is -0.792. The van der Waals surface area contributed by atoms with Crippen LogP contribution >= 0.6 is 69.6 Å². The van der Waals surface area contributed by atoms with E-state index in [1.54, 1.807) is 12.1 Å². The van der Waals surface area contributed by atoms with Crippen LogP contribution < -0.4 is 16.0 Å². The highest BCUT2D eigenvalue weighted by Gasteiger charge is 2.34. The SMILES string of the molecule is O=C(NC(NC(=S)Nc1ccccc1)C(Cl)(Cl)Cl)c1ccc(I)cc1. The van der Waals surface area contributed by atoms with Gasteiger partial charge in [0, 0.05) is 14.8 Å². The lowest BCUT2D eigenvalue weighted by atomic mass is 10.2. The van der Waals surface area contributed by atoms with E-state index in [1.807, 2.05) is 42.5 Å². The Labute approximate surface area is 179 Å². The molecule has 2 aromatic rings. The second-order valence-electron chi connectivity index (χ2n) is 4.92. The first-order valence-electron chi connectivity index (χ1n) is 7.01. The van der Waals surface area contributed by atoms with Crippen LogP contribution in [0, 0.1) is 3.57 Å².